The van der Waals surface area contributed by atoms with E-state index in [-0.39, 0.29) is 11.8 Å². The predicted octanol–water partition coefficient (Wildman–Crippen LogP) is 3.73. The Labute approximate surface area is 174 Å². The lowest BCUT2D eigenvalue weighted by Crippen LogP contribution is -2.55. The molecule has 1 heterocycles. The number of hydrogen-bond acceptors (Lipinski definition) is 3. The van der Waals surface area contributed by atoms with Gasteiger partial charge in [-0.05, 0) is 35.7 Å². The molecule has 1 aliphatic heterocycles. The molecule has 1 aliphatic rings. The largest absolute Gasteiger partial charge is 0.480 e. The van der Waals surface area contributed by atoms with Crippen molar-refractivity contribution in [2.75, 3.05) is 6.54 Å². The van der Waals surface area contributed by atoms with Crippen LogP contribution in [0.2, 0.25) is 5.02 Å². The summed E-state index contributed by atoms with van der Waals surface area (Å²) in [4.78, 5) is 40.6. The van der Waals surface area contributed by atoms with Crippen molar-refractivity contribution in [1.29, 1.82) is 0 Å². The number of carboxylic acid groups (broad SMARTS) is 1. The van der Waals surface area contributed by atoms with E-state index in [1.807, 2.05) is 19.9 Å². The summed E-state index contributed by atoms with van der Waals surface area (Å²) >= 11 is 5.92. The van der Waals surface area contributed by atoms with Crippen molar-refractivity contribution in [3.8, 4) is 0 Å². The topological polar surface area (TPSA) is 77.9 Å². The Morgan fingerprint density at radius 3 is 2.24 bits per heavy atom. The zero-order valence-electron chi connectivity index (χ0n) is 16.1. The van der Waals surface area contributed by atoms with E-state index in [1.165, 1.54) is 9.80 Å². The smallest absolute Gasteiger partial charge is 0.323 e. The number of aliphatic carboxylic acids is 1. The fourth-order valence-electron chi connectivity index (χ4n) is 3.35. The summed E-state index contributed by atoms with van der Waals surface area (Å²) in [6, 6.07) is 14.6. The van der Waals surface area contributed by atoms with Gasteiger partial charge in [-0.1, -0.05) is 55.8 Å². The van der Waals surface area contributed by atoms with Gasteiger partial charge in [0, 0.05) is 16.8 Å². The van der Waals surface area contributed by atoms with Crippen molar-refractivity contribution < 1.29 is 19.5 Å². The molecule has 2 amide bonds. The first kappa shape index (κ1) is 20.6. The molecule has 6 nitrogen and oxygen atoms in total. The van der Waals surface area contributed by atoms with Crippen LogP contribution in [-0.2, 0) is 9.59 Å². The molecule has 3 rings (SSSR count). The lowest BCUT2D eigenvalue weighted by molar-refractivity contribution is -0.144. The molecule has 0 bridgehead atoms. The fraction of sp³-hybridized carbons (Fsp3) is 0.227. The van der Waals surface area contributed by atoms with E-state index in [0.29, 0.717) is 21.8 Å². The van der Waals surface area contributed by atoms with E-state index in [9.17, 15) is 19.5 Å². The third-order valence-electron chi connectivity index (χ3n) is 4.69. The van der Waals surface area contributed by atoms with Gasteiger partial charge in [-0.3, -0.25) is 19.3 Å². The summed E-state index contributed by atoms with van der Waals surface area (Å²) in [5.74, 6) is -2.12. The number of hydrogen-bond donors (Lipinski definition) is 1. The monoisotopic (exact) mass is 412 g/mol. The van der Waals surface area contributed by atoms with Crippen molar-refractivity contribution in [3.63, 3.8) is 0 Å². The molecule has 2 aromatic rings. The molecule has 0 fully saturated rings. The number of carboxylic acids is 1. The van der Waals surface area contributed by atoms with Gasteiger partial charge in [0.15, 0.2) is 0 Å². The Kier molecular flexibility index (Phi) is 6.03. The zero-order valence-corrected chi connectivity index (χ0v) is 16.8. The first-order valence-corrected chi connectivity index (χ1v) is 9.56. The quantitative estimate of drug-likeness (QED) is 0.811. The summed E-state index contributed by atoms with van der Waals surface area (Å²) in [7, 11) is 0. The average molecular weight is 413 g/mol. The van der Waals surface area contributed by atoms with Crippen LogP contribution in [-0.4, -0.2) is 45.3 Å². The molecule has 1 atom stereocenters. The molecule has 150 valence electrons. The van der Waals surface area contributed by atoms with E-state index in [2.05, 4.69) is 0 Å². The highest BCUT2D eigenvalue weighted by Crippen LogP contribution is 2.31. The van der Waals surface area contributed by atoms with Gasteiger partial charge < -0.3 is 10.0 Å². The Morgan fingerprint density at radius 2 is 1.69 bits per heavy atom. The maximum absolute atomic E-state index is 13.3. The van der Waals surface area contributed by atoms with Gasteiger partial charge in [-0.2, -0.15) is 0 Å². The predicted molar refractivity (Wildman–Crippen MR) is 110 cm³/mol. The van der Waals surface area contributed by atoms with Crippen LogP contribution in [0.25, 0.3) is 5.70 Å². The summed E-state index contributed by atoms with van der Waals surface area (Å²) in [5, 5.41) is 9.84. The summed E-state index contributed by atoms with van der Waals surface area (Å²) in [6.07, 6.45) is 1.57. The molecule has 7 heteroatoms. The first-order chi connectivity index (χ1) is 13.8. The summed E-state index contributed by atoms with van der Waals surface area (Å²) in [6.45, 7) is 3.17. The van der Waals surface area contributed by atoms with Crippen LogP contribution >= 0.6 is 11.6 Å². The molecule has 2 aromatic carbocycles. The van der Waals surface area contributed by atoms with Gasteiger partial charge in [0.1, 0.15) is 12.6 Å². The van der Waals surface area contributed by atoms with Gasteiger partial charge in [0.2, 0.25) is 0 Å². The van der Waals surface area contributed by atoms with E-state index in [1.54, 1.807) is 54.7 Å². The fourth-order valence-corrected chi connectivity index (χ4v) is 3.48. The second-order valence-corrected chi connectivity index (χ2v) is 7.54. The normalized spacial score (nSPS) is 16.8. The van der Waals surface area contributed by atoms with Crippen molar-refractivity contribution >= 4 is 35.1 Å². The van der Waals surface area contributed by atoms with Gasteiger partial charge in [-0.15, -0.1) is 0 Å². The van der Waals surface area contributed by atoms with Gasteiger partial charge in [-0.25, -0.2) is 0 Å². The number of benzene rings is 2. The Hall–Kier alpha value is -3.12. The van der Waals surface area contributed by atoms with E-state index in [4.69, 9.17) is 11.6 Å². The molecule has 0 spiro atoms. The molecular weight excluding hydrogens is 392 g/mol. The molecule has 29 heavy (non-hydrogen) atoms. The van der Waals surface area contributed by atoms with Crippen LogP contribution in [0, 0.1) is 5.92 Å². The Bertz CT molecular complexity index is 955. The molecular formula is C22H21ClN2O4. The van der Waals surface area contributed by atoms with Gasteiger partial charge in [0.05, 0.1) is 5.70 Å². The molecule has 1 N–H and O–H groups in total. The van der Waals surface area contributed by atoms with Crippen LogP contribution in [0.5, 0.6) is 0 Å². The lowest BCUT2D eigenvalue weighted by Gasteiger charge is -2.40. The van der Waals surface area contributed by atoms with Crippen LogP contribution in [0.15, 0.2) is 60.8 Å². The van der Waals surface area contributed by atoms with Crippen LogP contribution < -0.4 is 0 Å². The Balaban J connectivity index is 2.13. The standard InChI is InChI=1S/C22H21ClN2O4/c1-14(2)20-22(29)24(13-19(26)27)18(15-6-4-3-5-7-15)12-25(20)21(28)16-8-10-17(23)11-9-16/h3-12,14,20H,13H2,1-2H3,(H,26,27). The van der Waals surface area contributed by atoms with Crippen molar-refractivity contribution in [2.45, 2.75) is 19.9 Å². The minimum atomic E-state index is -1.12. The second kappa shape index (κ2) is 8.49. The van der Waals surface area contributed by atoms with Crippen molar-refractivity contribution in [3.05, 3.63) is 76.9 Å². The zero-order chi connectivity index (χ0) is 21.1. The van der Waals surface area contributed by atoms with Crippen LogP contribution in [0.3, 0.4) is 0 Å². The maximum atomic E-state index is 13.3. The first-order valence-electron chi connectivity index (χ1n) is 9.18. The summed E-state index contributed by atoms with van der Waals surface area (Å²) in [5.41, 5.74) is 1.42. The highest BCUT2D eigenvalue weighted by molar-refractivity contribution is 6.30. The average Bonchev–Trinajstić information content (AvgIpc) is 2.69. The van der Waals surface area contributed by atoms with Gasteiger partial charge in [0.25, 0.3) is 11.8 Å². The number of amides is 2. The SMILES string of the molecule is CC(C)C1C(=O)N(CC(=O)O)C(c2ccccc2)=CN1C(=O)c1ccc(Cl)cc1. The molecule has 0 saturated heterocycles. The lowest BCUT2D eigenvalue weighted by atomic mass is 9.96. The number of carbonyl (C=O) groups is 3. The third kappa shape index (κ3) is 4.32. The minimum Gasteiger partial charge on any atom is -0.480 e. The minimum absolute atomic E-state index is 0.219. The highest BCUT2D eigenvalue weighted by atomic mass is 35.5. The van der Waals surface area contributed by atoms with Gasteiger partial charge >= 0.3 is 5.97 Å². The van der Waals surface area contributed by atoms with Crippen molar-refractivity contribution in [2.24, 2.45) is 5.92 Å². The Morgan fingerprint density at radius 1 is 1.07 bits per heavy atom. The number of carbonyl (C=O) groups excluding carboxylic acids is 2. The molecule has 0 radical (unpaired) electrons. The maximum Gasteiger partial charge on any atom is 0.323 e. The molecule has 1 unspecified atom stereocenters. The molecule has 0 saturated carbocycles. The number of nitrogens with zero attached hydrogens (tertiary/aromatic N) is 2. The second-order valence-electron chi connectivity index (χ2n) is 7.11. The van der Waals surface area contributed by atoms with Crippen LogP contribution in [0.4, 0.5) is 0 Å². The van der Waals surface area contributed by atoms with E-state index >= 15 is 0 Å². The van der Waals surface area contributed by atoms with Crippen LogP contribution in [0.1, 0.15) is 29.8 Å². The molecule has 0 aliphatic carbocycles. The highest BCUT2D eigenvalue weighted by Gasteiger charge is 2.41. The number of rotatable bonds is 5. The molecule has 0 aromatic heterocycles. The van der Waals surface area contributed by atoms with E-state index in [0.717, 1.165) is 0 Å². The van der Waals surface area contributed by atoms with E-state index < -0.39 is 24.5 Å². The van der Waals surface area contributed by atoms with Crippen molar-refractivity contribution in [1.82, 2.24) is 9.80 Å². The summed E-state index contributed by atoms with van der Waals surface area (Å²) < 4.78 is 0. The number of halogens is 1. The third-order valence-corrected chi connectivity index (χ3v) is 4.94.